The van der Waals surface area contributed by atoms with Crippen molar-refractivity contribution in [3.8, 4) is 0 Å². The fraction of sp³-hybridized carbons (Fsp3) is 0.538. The Morgan fingerprint density at radius 2 is 2.18 bits per heavy atom. The van der Waals surface area contributed by atoms with E-state index in [9.17, 15) is 5.11 Å². The Labute approximate surface area is 112 Å². The van der Waals surface area contributed by atoms with Crippen molar-refractivity contribution in [3.05, 3.63) is 33.8 Å². The number of benzene rings is 1. The van der Waals surface area contributed by atoms with Crippen molar-refractivity contribution in [2.45, 2.75) is 26.0 Å². The molecular weight excluding hydrogens is 257 g/mol. The van der Waals surface area contributed by atoms with Gasteiger partial charge in [-0.3, -0.25) is 4.90 Å². The highest BCUT2D eigenvalue weighted by Gasteiger charge is 2.24. The molecule has 2 atom stereocenters. The lowest BCUT2D eigenvalue weighted by Crippen LogP contribution is -2.41. The third-order valence-electron chi connectivity index (χ3n) is 3.35. The third kappa shape index (κ3) is 3.35. The number of aliphatic hydroxyl groups excluding tert-OH is 1. The van der Waals surface area contributed by atoms with Crippen LogP contribution in [0.3, 0.4) is 0 Å². The molecule has 0 amide bonds. The first kappa shape index (κ1) is 13.2. The summed E-state index contributed by atoms with van der Waals surface area (Å²) in [5, 5.41) is 11.2. The molecule has 1 heterocycles. The van der Waals surface area contributed by atoms with Crippen LogP contribution in [0.25, 0.3) is 0 Å². The Hall–Kier alpha value is -0.280. The van der Waals surface area contributed by atoms with Crippen LogP contribution in [0.15, 0.2) is 18.2 Å². The maximum absolute atomic E-state index is 9.69. The molecule has 2 nitrogen and oxygen atoms in total. The molecule has 4 heteroatoms. The first-order valence-corrected chi connectivity index (χ1v) is 6.66. The predicted octanol–water partition coefficient (Wildman–Crippen LogP) is 3.20. The lowest BCUT2D eigenvalue weighted by atomic mass is 9.96. The summed E-state index contributed by atoms with van der Waals surface area (Å²) in [6, 6.07) is 5.55. The predicted molar refractivity (Wildman–Crippen MR) is 71.5 cm³/mol. The van der Waals surface area contributed by atoms with E-state index in [1.54, 1.807) is 6.07 Å². The minimum atomic E-state index is -0.166. The van der Waals surface area contributed by atoms with Crippen LogP contribution in [0.1, 0.15) is 18.9 Å². The smallest absolute Gasteiger partial charge is 0.0590 e. The number of likely N-dealkylation sites (tertiary alicyclic amines) is 1. The van der Waals surface area contributed by atoms with Gasteiger partial charge in [0.25, 0.3) is 0 Å². The van der Waals surface area contributed by atoms with Gasteiger partial charge in [-0.2, -0.15) is 0 Å². The molecule has 0 aliphatic carbocycles. The molecule has 1 aromatic rings. The molecule has 0 saturated carbocycles. The summed E-state index contributed by atoms with van der Waals surface area (Å²) in [5.41, 5.74) is 1.06. The number of piperidine rings is 1. The summed E-state index contributed by atoms with van der Waals surface area (Å²) in [6.45, 7) is 4.70. The molecule has 1 saturated heterocycles. The molecule has 1 aliphatic rings. The molecule has 0 bridgehead atoms. The quantitative estimate of drug-likeness (QED) is 0.895. The third-order valence-corrected chi connectivity index (χ3v) is 3.95. The van der Waals surface area contributed by atoms with E-state index in [1.807, 2.05) is 12.1 Å². The normalized spacial score (nSPS) is 26.1. The topological polar surface area (TPSA) is 23.5 Å². The Bertz CT molecular complexity index is 397. The first-order valence-electron chi connectivity index (χ1n) is 5.90. The highest BCUT2D eigenvalue weighted by atomic mass is 35.5. The maximum atomic E-state index is 9.69. The average Bonchev–Trinajstić information content (AvgIpc) is 2.29. The minimum absolute atomic E-state index is 0.166. The summed E-state index contributed by atoms with van der Waals surface area (Å²) in [7, 11) is 0. The SMILES string of the molecule is CC1CN(Cc2cc(Cl)ccc2Cl)CCC1O. The standard InChI is InChI=1S/C13H17Cl2NO/c1-9-7-16(5-4-13(9)17)8-10-6-11(14)2-3-12(10)15/h2-3,6,9,13,17H,4-5,7-8H2,1H3. The van der Waals surface area contributed by atoms with Gasteiger partial charge in [-0.1, -0.05) is 30.1 Å². The van der Waals surface area contributed by atoms with Gasteiger partial charge in [0.1, 0.15) is 0 Å². The van der Waals surface area contributed by atoms with Gasteiger partial charge >= 0.3 is 0 Å². The zero-order chi connectivity index (χ0) is 12.4. The molecule has 1 fully saturated rings. The Balaban J connectivity index is 2.03. The molecule has 1 aromatic carbocycles. The van der Waals surface area contributed by atoms with Crippen molar-refractivity contribution in [3.63, 3.8) is 0 Å². The van der Waals surface area contributed by atoms with E-state index in [1.165, 1.54) is 0 Å². The molecule has 1 N–H and O–H groups in total. The van der Waals surface area contributed by atoms with E-state index in [0.717, 1.165) is 41.7 Å². The summed E-state index contributed by atoms with van der Waals surface area (Å²) in [4.78, 5) is 2.31. The van der Waals surface area contributed by atoms with Crippen molar-refractivity contribution in [1.29, 1.82) is 0 Å². The van der Waals surface area contributed by atoms with Crippen LogP contribution in [0.2, 0.25) is 10.0 Å². The average molecular weight is 274 g/mol. The number of rotatable bonds is 2. The Kier molecular flexibility index (Phi) is 4.31. The monoisotopic (exact) mass is 273 g/mol. The van der Waals surface area contributed by atoms with Gasteiger partial charge in [0.05, 0.1) is 6.10 Å². The zero-order valence-corrected chi connectivity index (χ0v) is 11.4. The summed E-state index contributed by atoms with van der Waals surface area (Å²) in [5.74, 6) is 0.321. The highest BCUT2D eigenvalue weighted by molar-refractivity contribution is 6.33. The first-order chi connectivity index (χ1) is 8.06. The van der Waals surface area contributed by atoms with Gasteiger partial charge < -0.3 is 5.11 Å². The van der Waals surface area contributed by atoms with Crippen LogP contribution in [-0.2, 0) is 6.54 Å². The number of hydrogen-bond donors (Lipinski definition) is 1. The minimum Gasteiger partial charge on any atom is -0.393 e. The van der Waals surface area contributed by atoms with Gasteiger partial charge in [0, 0.05) is 29.7 Å². The number of nitrogens with zero attached hydrogens (tertiary/aromatic N) is 1. The molecule has 2 unspecified atom stereocenters. The van der Waals surface area contributed by atoms with E-state index in [-0.39, 0.29) is 6.10 Å². The fourth-order valence-electron chi connectivity index (χ4n) is 2.27. The van der Waals surface area contributed by atoms with E-state index in [4.69, 9.17) is 23.2 Å². The van der Waals surface area contributed by atoms with Crippen LogP contribution in [0.5, 0.6) is 0 Å². The second-order valence-corrected chi connectivity index (χ2v) is 5.65. The van der Waals surface area contributed by atoms with E-state index < -0.39 is 0 Å². The number of hydrogen-bond acceptors (Lipinski definition) is 2. The molecule has 2 rings (SSSR count). The molecule has 0 aromatic heterocycles. The van der Waals surface area contributed by atoms with E-state index in [0.29, 0.717) is 5.92 Å². The maximum Gasteiger partial charge on any atom is 0.0590 e. The number of halogens is 2. The largest absolute Gasteiger partial charge is 0.393 e. The zero-order valence-electron chi connectivity index (χ0n) is 9.87. The van der Waals surface area contributed by atoms with Gasteiger partial charge in [0.15, 0.2) is 0 Å². The van der Waals surface area contributed by atoms with Crippen molar-refractivity contribution in [2.75, 3.05) is 13.1 Å². The van der Waals surface area contributed by atoms with Crippen LogP contribution >= 0.6 is 23.2 Å². The van der Waals surface area contributed by atoms with Crippen LogP contribution in [0.4, 0.5) is 0 Å². The molecule has 17 heavy (non-hydrogen) atoms. The molecule has 0 spiro atoms. The van der Waals surface area contributed by atoms with Crippen molar-refractivity contribution in [2.24, 2.45) is 5.92 Å². The van der Waals surface area contributed by atoms with Crippen molar-refractivity contribution >= 4 is 23.2 Å². The fourth-order valence-corrected chi connectivity index (χ4v) is 2.64. The second kappa shape index (κ2) is 5.57. The lowest BCUT2D eigenvalue weighted by molar-refractivity contribution is 0.0320. The van der Waals surface area contributed by atoms with Gasteiger partial charge in [-0.25, -0.2) is 0 Å². The lowest BCUT2D eigenvalue weighted by Gasteiger charge is -2.34. The highest BCUT2D eigenvalue weighted by Crippen LogP contribution is 2.24. The van der Waals surface area contributed by atoms with Gasteiger partial charge in [0.2, 0.25) is 0 Å². The van der Waals surface area contributed by atoms with Gasteiger partial charge in [-0.05, 0) is 36.1 Å². The van der Waals surface area contributed by atoms with E-state index in [2.05, 4.69) is 11.8 Å². The summed E-state index contributed by atoms with van der Waals surface area (Å²) < 4.78 is 0. The number of aliphatic hydroxyl groups is 1. The molecule has 94 valence electrons. The van der Waals surface area contributed by atoms with Crippen LogP contribution in [-0.4, -0.2) is 29.2 Å². The van der Waals surface area contributed by atoms with Crippen LogP contribution < -0.4 is 0 Å². The summed E-state index contributed by atoms with van der Waals surface area (Å²) in [6.07, 6.45) is 0.667. The molecular formula is C13H17Cl2NO. The van der Waals surface area contributed by atoms with E-state index >= 15 is 0 Å². The van der Waals surface area contributed by atoms with Gasteiger partial charge in [-0.15, -0.1) is 0 Å². The Morgan fingerprint density at radius 3 is 2.88 bits per heavy atom. The second-order valence-electron chi connectivity index (χ2n) is 4.80. The van der Waals surface area contributed by atoms with Crippen molar-refractivity contribution < 1.29 is 5.11 Å². The Morgan fingerprint density at radius 1 is 1.41 bits per heavy atom. The van der Waals surface area contributed by atoms with Crippen LogP contribution in [0, 0.1) is 5.92 Å². The van der Waals surface area contributed by atoms with Crippen molar-refractivity contribution in [1.82, 2.24) is 4.90 Å². The molecule has 0 radical (unpaired) electrons. The summed E-state index contributed by atoms with van der Waals surface area (Å²) >= 11 is 12.1. The molecule has 1 aliphatic heterocycles.